The van der Waals surface area contributed by atoms with Crippen LogP contribution in [0.4, 0.5) is 0 Å². The lowest BCUT2D eigenvalue weighted by Gasteiger charge is -2.34. The Hall–Kier alpha value is -2.62. The number of esters is 1. The standard InChI is InChI=1S/C24H34N2O7S/c1-16(2)22(25-23(28)17-8-10-20(32-3)11-9-17)24(29)33-14-21(27)26(18-6-4-5-7-18)19-12-13-34(30,31)15-19/h8-11,16,18-19,22H,4-7,12-15H2,1-3H3,(H,25,28). The van der Waals surface area contributed by atoms with E-state index in [4.69, 9.17) is 9.47 Å². The van der Waals surface area contributed by atoms with Gasteiger partial charge in [-0.1, -0.05) is 26.7 Å². The van der Waals surface area contributed by atoms with E-state index < -0.39 is 34.4 Å². The second-order valence-corrected chi connectivity index (χ2v) is 11.6. The third-order valence-electron chi connectivity index (χ3n) is 6.51. The quantitative estimate of drug-likeness (QED) is 0.521. The zero-order valence-corrected chi connectivity index (χ0v) is 20.8. The first-order valence-electron chi connectivity index (χ1n) is 11.7. The molecule has 1 heterocycles. The van der Waals surface area contributed by atoms with Gasteiger partial charge in [0, 0.05) is 17.6 Å². The highest BCUT2D eigenvalue weighted by Gasteiger charge is 2.39. The van der Waals surface area contributed by atoms with Crippen LogP contribution >= 0.6 is 0 Å². The molecule has 3 rings (SSSR count). The molecule has 1 N–H and O–H groups in total. The van der Waals surface area contributed by atoms with Gasteiger partial charge in [0.2, 0.25) is 0 Å². The highest BCUT2D eigenvalue weighted by molar-refractivity contribution is 7.91. The molecule has 1 aromatic carbocycles. The van der Waals surface area contributed by atoms with Crippen LogP contribution in [0.25, 0.3) is 0 Å². The minimum absolute atomic E-state index is 0.0276. The normalized spacial score (nSPS) is 20.6. The predicted octanol–water partition coefficient (Wildman–Crippen LogP) is 1.95. The van der Waals surface area contributed by atoms with E-state index in [0.717, 1.165) is 25.7 Å². The smallest absolute Gasteiger partial charge is 0.329 e. The number of ether oxygens (including phenoxy) is 2. The Morgan fingerprint density at radius 1 is 1.06 bits per heavy atom. The minimum atomic E-state index is -3.16. The van der Waals surface area contributed by atoms with Gasteiger partial charge in [0.1, 0.15) is 11.8 Å². The molecule has 2 fully saturated rings. The van der Waals surface area contributed by atoms with E-state index >= 15 is 0 Å². The van der Waals surface area contributed by atoms with E-state index in [9.17, 15) is 22.8 Å². The van der Waals surface area contributed by atoms with E-state index in [2.05, 4.69) is 5.32 Å². The first-order valence-corrected chi connectivity index (χ1v) is 13.6. The summed E-state index contributed by atoms with van der Waals surface area (Å²) in [4.78, 5) is 40.2. The van der Waals surface area contributed by atoms with Crippen LogP contribution in [0.1, 0.15) is 56.3 Å². The summed E-state index contributed by atoms with van der Waals surface area (Å²) in [5.41, 5.74) is 0.366. The number of rotatable bonds is 9. The second kappa shape index (κ2) is 11.2. The van der Waals surface area contributed by atoms with Crippen molar-refractivity contribution < 1.29 is 32.3 Å². The number of benzene rings is 1. The Bertz CT molecular complexity index is 985. The number of hydrogen-bond acceptors (Lipinski definition) is 7. The Morgan fingerprint density at radius 2 is 1.71 bits per heavy atom. The Labute approximate surface area is 201 Å². The molecule has 2 amide bonds. The maximum atomic E-state index is 13.1. The minimum Gasteiger partial charge on any atom is -0.497 e. The molecule has 1 aliphatic heterocycles. The summed E-state index contributed by atoms with van der Waals surface area (Å²) in [6, 6.07) is 5.14. The summed E-state index contributed by atoms with van der Waals surface area (Å²) >= 11 is 0. The molecule has 1 aromatic rings. The van der Waals surface area contributed by atoms with Crippen LogP contribution in [0.15, 0.2) is 24.3 Å². The number of carbonyl (C=O) groups is 3. The lowest BCUT2D eigenvalue weighted by Crippen LogP contribution is -2.50. The van der Waals surface area contributed by atoms with Crippen molar-refractivity contribution in [1.29, 1.82) is 0 Å². The van der Waals surface area contributed by atoms with Crippen molar-refractivity contribution in [2.75, 3.05) is 25.2 Å². The number of amides is 2. The van der Waals surface area contributed by atoms with Crippen LogP contribution in [-0.4, -0.2) is 74.4 Å². The summed E-state index contributed by atoms with van der Waals surface area (Å²) in [6.45, 7) is 3.07. The van der Waals surface area contributed by atoms with Crippen molar-refractivity contribution in [3.05, 3.63) is 29.8 Å². The van der Waals surface area contributed by atoms with Crippen LogP contribution in [-0.2, 0) is 24.2 Å². The monoisotopic (exact) mass is 494 g/mol. The Kier molecular flexibility index (Phi) is 8.57. The average Bonchev–Trinajstić information content (AvgIpc) is 3.45. The van der Waals surface area contributed by atoms with E-state index in [1.54, 1.807) is 43.0 Å². The van der Waals surface area contributed by atoms with E-state index in [1.165, 1.54) is 7.11 Å². The lowest BCUT2D eigenvalue weighted by molar-refractivity contribution is -0.156. The molecule has 188 valence electrons. The largest absolute Gasteiger partial charge is 0.497 e. The van der Waals surface area contributed by atoms with Gasteiger partial charge < -0.3 is 19.7 Å². The fraction of sp³-hybridized carbons (Fsp3) is 0.625. The summed E-state index contributed by atoms with van der Waals surface area (Å²) in [7, 11) is -1.63. The molecule has 2 unspecified atom stereocenters. The van der Waals surface area contributed by atoms with E-state index in [0.29, 0.717) is 17.7 Å². The molecule has 2 atom stereocenters. The van der Waals surface area contributed by atoms with Crippen LogP contribution in [0, 0.1) is 5.92 Å². The van der Waals surface area contributed by atoms with E-state index in [-0.39, 0.29) is 35.4 Å². The predicted molar refractivity (Wildman–Crippen MR) is 126 cm³/mol. The van der Waals surface area contributed by atoms with Gasteiger partial charge in [0.15, 0.2) is 16.4 Å². The number of carbonyl (C=O) groups excluding carboxylic acids is 3. The lowest BCUT2D eigenvalue weighted by atomic mass is 10.0. The maximum Gasteiger partial charge on any atom is 0.329 e. The molecular weight excluding hydrogens is 460 g/mol. The highest BCUT2D eigenvalue weighted by Crippen LogP contribution is 2.29. The SMILES string of the molecule is COc1ccc(C(=O)NC(C(=O)OCC(=O)N(C2CCCC2)C2CCS(=O)(=O)C2)C(C)C)cc1. The van der Waals surface area contributed by atoms with Crippen LogP contribution in [0.3, 0.4) is 0 Å². The van der Waals surface area contributed by atoms with Gasteiger partial charge in [-0.3, -0.25) is 9.59 Å². The van der Waals surface area contributed by atoms with Gasteiger partial charge in [-0.25, -0.2) is 13.2 Å². The first kappa shape index (κ1) is 26.0. The zero-order valence-electron chi connectivity index (χ0n) is 20.0. The van der Waals surface area contributed by atoms with Gasteiger partial charge in [-0.2, -0.15) is 0 Å². The number of hydrogen-bond donors (Lipinski definition) is 1. The topological polar surface area (TPSA) is 119 Å². The van der Waals surface area contributed by atoms with Gasteiger partial charge in [0.05, 0.1) is 18.6 Å². The third-order valence-corrected chi connectivity index (χ3v) is 8.26. The van der Waals surface area contributed by atoms with E-state index in [1.807, 2.05) is 0 Å². The van der Waals surface area contributed by atoms with Crippen LogP contribution in [0.2, 0.25) is 0 Å². The molecule has 0 aromatic heterocycles. The molecule has 0 bridgehead atoms. The van der Waals surface area contributed by atoms with Crippen molar-refractivity contribution in [2.45, 2.75) is 64.1 Å². The zero-order chi connectivity index (χ0) is 24.9. The third kappa shape index (κ3) is 6.49. The number of nitrogens with zero attached hydrogens (tertiary/aromatic N) is 1. The molecule has 1 aliphatic carbocycles. The first-order chi connectivity index (χ1) is 16.1. The molecule has 9 nitrogen and oxygen atoms in total. The van der Waals surface area contributed by atoms with Crippen molar-refractivity contribution in [1.82, 2.24) is 10.2 Å². The van der Waals surface area contributed by atoms with Gasteiger partial charge in [-0.15, -0.1) is 0 Å². The summed E-state index contributed by atoms with van der Waals surface area (Å²) < 4.78 is 34.4. The molecule has 0 spiro atoms. The highest BCUT2D eigenvalue weighted by atomic mass is 32.2. The summed E-state index contributed by atoms with van der Waals surface area (Å²) in [5, 5.41) is 2.69. The molecule has 10 heteroatoms. The fourth-order valence-corrected chi connectivity index (χ4v) is 6.36. The molecule has 34 heavy (non-hydrogen) atoms. The Morgan fingerprint density at radius 3 is 2.24 bits per heavy atom. The van der Waals surface area contributed by atoms with Gasteiger partial charge >= 0.3 is 5.97 Å². The average molecular weight is 495 g/mol. The number of nitrogens with one attached hydrogen (secondary N) is 1. The van der Waals surface area contributed by atoms with Crippen LogP contribution in [0.5, 0.6) is 5.75 Å². The number of methoxy groups -OCH3 is 1. The van der Waals surface area contributed by atoms with Crippen LogP contribution < -0.4 is 10.1 Å². The maximum absolute atomic E-state index is 13.1. The van der Waals surface area contributed by atoms with Crippen molar-refractivity contribution in [3.8, 4) is 5.75 Å². The fourth-order valence-electron chi connectivity index (χ4n) is 4.64. The van der Waals surface area contributed by atoms with Crippen molar-refractivity contribution in [2.24, 2.45) is 5.92 Å². The molecule has 0 radical (unpaired) electrons. The number of sulfone groups is 1. The second-order valence-electron chi connectivity index (χ2n) is 9.33. The Balaban J connectivity index is 1.63. The van der Waals surface area contributed by atoms with Crippen molar-refractivity contribution >= 4 is 27.6 Å². The summed E-state index contributed by atoms with van der Waals surface area (Å²) in [5.74, 6) is -1.15. The molecule has 2 aliphatic rings. The molecule has 1 saturated heterocycles. The van der Waals surface area contributed by atoms with Gasteiger partial charge in [-0.05, 0) is 49.4 Å². The van der Waals surface area contributed by atoms with Crippen molar-refractivity contribution in [3.63, 3.8) is 0 Å². The molecule has 1 saturated carbocycles. The summed E-state index contributed by atoms with van der Waals surface area (Å²) in [6.07, 6.45) is 4.03. The van der Waals surface area contributed by atoms with Gasteiger partial charge in [0.25, 0.3) is 11.8 Å². The molecular formula is C24H34N2O7S.